The van der Waals surface area contributed by atoms with Crippen molar-refractivity contribution < 1.29 is 19.5 Å². The Bertz CT molecular complexity index is 1280. The third-order valence-corrected chi connectivity index (χ3v) is 4.50. The molecule has 0 aromatic heterocycles. The summed E-state index contributed by atoms with van der Waals surface area (Å²) >= 11 is 0. The van der Waals surface area contributed by atoms with Crippen LogP contribution in [0.15, 0.2) is 101 Å². The normalized spacial score (nSPS) is 10.8. The quantitative estimate of drug-likeness (QED) is 0.326. The number of carbonyl (C=O) groups excluding carboxylic acids is 2. The summed E-state index contributed by atoms with van der Waals surface area (Å²) in [7, 11) is 0. The molecule has 0 spiro atoms. The van der Waals surface area contributed by atoms with Gasteiger partial charge in [0.05, 0.1) is 22.5 Å². The number of amides is 1. The summed E-state index contributed by atoms with van der Waals surface area (Å²) in [6.45, 7) is 0. The fourth-order valence-electron chi connectivity index (χ4n) is 2.89. The number of phenolic OH excluding ortho intramolecular Hbond substituents is 1. The predicted molar refractivity (Wildman–Crippen MR) is 116 cm³/mol. The van der Waals surface area contributed by atoms with Gasteiger partial charge < -0.3 is 9.94 Å². The Morgan fingerprint density at radius 3 is 2.29 bits per heavy atom. The first-order chi connectivity index (χ1) is 15.1. The second kappa shape index (κ2) is 8.87. The van der Waals surface area contributed by atoms with Crippen molar-refractivity contribution in [3.63, 3.8) is 0 Å². The highest BCUT2D eigenvalue weighted by atomic mass is 16.7. The maximum atomic E-state index is 12.3. The summed E-state index contributed by atoms with van der Waals surface area (Å²) < 4.78 is 0. The number of fused-ring (bicyclic) bond motifs is 1. The van der Waals surface area contributed by atoms with Gasteiger partial charge in [-0.2, -0.15) is 0 Å². The number of hydrogen-bond donors (Lipinski definition) is 2. The Morgan fingerprint density at radius 1 is 0.806 bits per heavy atom. The lowest BCUT2D eigenvalue weighted by molar-refractivity contribution is 0.0596. The van der Waals surface area contributed by atoms with Crippen LogP contribution < -0.4 is 5.48 Å². The summed E-state index contributed by atoms with van der Waals surface area (Å²) in [6, 6.07) is 25.7. The van der Waals surface area contributed by atoms with Gasteiger partial charge in [-0.25, -0.2) is 10.3 Å². The van der Waals surface area contributed by atoms with Gasteiger partial charge in [0.2, 0.25) is 0 Å². The van der Waals surface area contributed by atoms with Crippen LogP contribution in [-0.4, -0.2) is 17.0 Å². The van der Waals surface area contributed by atoms with Crippen LogP contribution in [0, 0.1) is 0 Å². The monoisotopic (exact) mass is 411 g/mol. The van der Waals surface area contributed by atoms with Crippen molar-refractivity contribution in [1.82, 2.24) is 0 Å². The summed E-state index contributed by atoms with van der Waals surface area (Å²) in [5, 5.41) is 19.1. The van der Waals surface area contributed by atoms with Crippen LogP contribution in [0.1, 0.15) is 20.7 Å². The minimum Gasteiger partial charge on any atom is -0.507 e. The molecule has 2 N–H and O–H groups in total. The molecule has 4 rings (SSSR count). The number of aromatic hydroxyl groups is 1. The first-order valence-electron chi connectivity index (χ1n) is 9.40. The van der Waals surface area contributed by atoms with Gasteiger partial charge in [0.15, 0.2) is 0 Å². The third kappa shape index (κ3) is 4.73. The molecule has 0 aliphatic rings. The number of nitrogens with zero attached hydrogens (tertiary/aromatic N) is 2. The van der Waals surface area contributed by atoms with Gasteiger partial charge in [-0.3, -0.25) is 4.79 Å². The largest absolute Gasteiger partial charge is 0.507 e. The number of azo groups is 1. The molecular weight excluding hydrogens is 394 g/mol. The van der Waals surface area contributed by atoms with Crippen LogP contribution in [0.25, 0.3) is 10.8 Å². The zero-order valence-electron chi connectivity index (χ0n) is 16.2. The minimum absolute atomic E-state index is 0.0742. The van der Waals surface area contributed by atoms with Crippen molar-refractivity contribution in [1.29, 1.82) is 0 Å². The summed E-state index contributed by atoms with van der Waals surface area (Å²) in [6.07, 6.45) is 0. The first kappa shape index (κ1) is 19.8. The zero-order valence-corrected chi connectivity index (χ0v) is 16.2. The number of hydrogen-bond acceptors (Lipinski definition) is 6. The van der Waals surface area contributed by atoms with Crippen LogP contribution in [0.4, 0.5) is 11.4 Å². The maximum absolute atomic E-state index is 12.3. The Hall–Kier alpha value is -4.52. The van der Waals surface area contributed by atoms with Gasteiger partial charge in [-0.15, -0.1) is 10.2 Å². The molecule has 0 aliphatic heterocycles. The van der Waals surface area contributed by atoms with Crippen LogP contribution in [-0.2, 0) is 4.84 Å². The summed E-state index contributed by atoms with van der Waals surface area (Å²) in [5.41, 5.74) is 4.05. The van der Waals surface area contributed by atoms with Crippen molar-refractivity contribution >= 4 is 34.0 Å². The fourth-order valence-corrected chi connectivity index (χ4v) is 2.89. The van der Waals surface area contributed by atoms with Crippen molar-refractivity contribution in [2.75, 3.05) is 5.48 Å². The molecule has 0 radical (unpaired) electrons. The van der Waals surface area contributed by atoms with E-state index in [-0.39, 0.29) is 11.3 Å². The van der Waals surface area contributed by atoms with Gasteiger partial charge in [-0.1, -0.05) is 42.5 Å². The van der Waals surface area contributed by atoms with Crippen LogP contribution in [0.3, 0.4) is 0 Å². The molecule has 1 amide bonds. The number of para-hydroxylation sites is 1. The van der Waals surface area contributed by atoms with Crippen LogP contribution in [0.5, 0.6) is 5.75 Å². The van der Waals surface area contributed by atoms with E-state index < -0.39 is 11.9 Å². The Labute approximate surface area is 177 Å². The number of rotatable bonds is 5. The Kier molecular flexibility index (Phi) is 5.66. The van der Waals surface area contributed by atoms with Crippen molar-refractivity contribution in [2.45, 2.75) is 0 Å². The molecule has 31 heavy (non-hydrogen) atoms. The van der Waals surface area contributed by atoms with Gasteiger partial charge >= 0.3 is 5.97 Å². The Morgan fingerprint density at radius 2 is 1.52 bits per heavy atom. The molecule has 0 heterocycles. The van der Waals surface area contributed by atoms with E-state index >= 15 is 0 Å². The van der Waals surface area contributed by atoms with Crippen LogP contribution in [0.2, 0.25) is 0 Å². The van der Waals surface area contributed by atoms with E-state index in [0.717, 1.165) is 10.8 Å². The highest BCUT2D eigenvalue weighted by Gasteiger charge is 2.10. The minimum atomic E-state index is -0.649. The number of anilines is 1. The predicted octanol–water partition coefficient (Wildman–Crippen LogP) is 5.65. The second-order valence-electron chi connectivity index (χ2n) is 6.62. The van der Waals surface area contributed by atoms with Crippen molar-refractivity contribution in [3.8, 4) is 5.75 Å². The Balaban J connectivity index is 1.36. The molecule has 0 bridgehead atoms. The molecule has 0 saturated carbocycles. The standard InChI is InChI=1S/C24H17N3O4/c28-22-8-4-3-7-21(22)23(29)26-25-19-11-13-20(14-12-19)27-31-24(30)18-10-9-16-5-1-2-6-17(16)15-18/h1-15,27-28H. The number of nitrogens with one attached hydrogen (secondary N) is 1. The lowest BCUT2D eigenvalue weighted by Crippen LogP contribution is -2.10. The van der Waals surface area contributed by atoms with Gasteiger partial charge in [0, 0.05) is 0 Å². The van der Waals surface area contributed by atoms with E-state index in [4.69, 9.17) is 4.84 Å². The zero-order chi connectivity index (χ0) is 21.6. The number of benzene rings is 4. The van der Waals surface area contributed by atoms with Gasteiger partial charge in [0.25, 0.3) is 5.91 Å². The first-order valence-corrected chi connectivity index (χ1v) is 9.40. The molecule has 0 unspecified atom stereocenters. The molecule has 0 fully saturated rings. The molecule has 152 valence electrons. The smallest absolute Gasteiger partial charge is 0.362 e. The third-order valence-electron chi connectivity index (χ3n) is 4.50. The summed E-state index contributed by atoms with van der Waals surface area (Å²) in [4.78, 5) is 29.4. The molecule has 7 nitrogen and oxygen atoms in total. The van der Waals surface area contributed by atoms with E-state index in [1.54, 1.807) is 48.5 Å². The lowest BCUT2D eigenvalue weighted by Gasteiger charge is -2.07. The maximum Gasteiger partial charge on any atom is 0.362 e. The molecule has 4 aromatic carbocycles. The average Bonchev–Trinajstić information content (AvgIpc) is 2.81. The number of phenols is 1. The van der Waals surface area contributed by atoms with E-state index in [9.17, 15) is 14.7 Å². The van der Waals surface area contributed by atoms with E-state index in [1.807, 2.05) is 30.3 Å². The van der Waals surface area contributed by atoms with E-state index in [2.05, 4.69) is 15.7 Å². The number of carbonyl (C=O) groups is 2. The topological polar surface area (TPSA) is 100 Å². The summed E-state index contributed by atoms with van der Waals surface area (Å²) in [5.74, 6) is -1.31. The molecular formula is C24H17N3O4. The fraction of sp³-hybridized carbons (Fsp3) is 0. The van der Waals surface area contributed by atoms with E-state index in [0.29, 0.717) is 16.9 Å². The highest BCUT2D eigenvalue weighted by Crippen LogP contribution is 2.21. The van der Waals surface area contributed by atoms with Crippen LogP contribution >= 0.6 is 0 Å². The second-order valence-corrected chi connectivity index (χ2v) is 6.62. The van der Waals surface area contributed by atoms with Gasteiger partial charge in [0.1, 0.15) is 5.75 Å². The van der Waals surface area contributed by atoms with Crippen molar-refractivity contribution in [2.24, 2.45) is 10.2 Å². The molecule has 0 saturated heterocycles. The molecule has 0 aliphatic carbocycles. The average molecular weight is 411 g/mol. The molecule has 7 heteroatoms. The lowest BCUT2D eigenvalue weighted by atomic mass is 10.1. The van der Waals surface area contributed by atoms with Crippen molar-refractivity contribution in [3.05, 3.63) is 102 Å². The molecule has 4 aromatic rings. The van der Waals surface area contributed by atoms with Gasteiger partial charge in [-0.05, 0) is 59.3 Å². The van der Waals surface area contributed by atoms with E-state index in [1.165, 1.54) is 12.1 Å². The highest BCUT2D eigenvalue weighted by molar-refractivity contribution is 5.97. The SMILES string of the molecule is O=C(ONc1ccc(N=NC(=O)c2ccccc2O)cc1)c1ccc2ccccc2c1. The molecule has 0 atom stereocenters.